The highest BCUT2D eigenvalue weighted by atomic mass is 19.1. The van der Waals surface area contributed by atoms with E-state index in [1.54, 1.807) is 18.3 Å². The number of aromatic nitrogens is 1. The third-order valence-corrected chi connectivity index (χ3v) is 4.12. The molecule has 0 radical (unpaired) electrons. The van der Waals surface area contributed by atoms with Crippen LogP contribution in [0.1, 0.15) is 34.5 Å². The highest BCUT2D eigenvalue weighted by Crippen LogP contribution is 2.11. The second kappa shape index (κ2) is 10.5. The maximum atomic E-state index is 12.9. The summed E-state index contributed by atoms with van der Waals surface area (Å²) in [6.07, 6.45) is 2.42. The molecule has 2 N–H and O–H groups in total. The zero-order valence-electron chi connectivity index (χ0n) is 16.2. The quantitative estimate of drug-likeness (QED) is 0.488. The highest BCUT2D eigenvalue weighted by Gasteiger charge is 2.06. The molecule has 3 aromatic rings. The molecule has 2 aromatic carbocycles. The van der Waals surface area contributed by atoms with Crippen molar-refractivity contribution in [1.29, 1.82) is 0 Å². The fraction of sp³-hybridized carbons (Fsp3) is 0.125. The molecule has 0 aliphatic carbocycles. The molecule has 0 fully saturated rings. The SMILES string of the molecule is O=C(CCCNC(=O)c1ccc(F)cc1)Nc1cccc(C#Cc2ccccn2)c1. The first-order valence-corrected chi connectivity index (χ1v) is 9.47. The standard InChI is InChI=1S/C24H20FN3O2/c25-20-12-10-19(11-13-20)24(30)27-16-4-8-23(29)28-22-7-3-5-18(17-22)9-14-21-6-1-2-15-26-21/h1-3,5-7,10-13,15,17H,4,8,16H2,(H,27,30)(H,28,29). The number of carbonyl (C=O) groups excluding carboxylic acids is 2. The number of benzene rings is 2. The maximum absolute atomic E-state index is 12.9. The van der Waals surface area contributed by atoms with Crippen LogP contribution in [0.2, 0.25) is 0 Å². The van der Waals surface area contributed by atoms with E-state index in [0.29, 0.717) is 29.9 Å². The van der Waals surface area contributed by atoms with Crippen LogP contribution >= 0.6 is 0 Å². The summed E-state index contributed by atoms with van der Waals surface area (Å²) >= 11 is 0. The predicted molar refractivity (Wildman–Crippen MR) is 113 cm³/mol. The summed E-state index contributed by atoms with van der Waals surface area (Å²) in [6, 6.07) is 18.1. The Morgan fingerprint density at radius 3 is 2.57 bits per heavy atom. The number of nitrogens with one attached hydrogen (secondary N) is 2. The number of rotatable bonds is 6. The number of nitrogens with zero attached hydrogens (tertiary/aromatic N) is 1. The largest absolute Gasteiger partial charge is 0.352 e. The van der Waals surface area contributed by atoms with Crippen LogP contribution < -0.4 is 10.6 Å². The van der Waals surface area contributed by atoms with Crippen molar-refractivity contribution >= 4 is 17.5 Å². The summed E-state index contributed by atoms with van der Waals surface area (Å²) in [5.74, 6) is 5.16. The van der Waals surface area contributed by atoms with Crippen LogP contribution in [0.5, 0.6) is 0 Å². The van der Waals surface area contributed by atoms with Crippen LogP contribution in [-0.4, -0.2) is 23.3 Å². The van der Waals surface area contributed by atoms with Crippen LogP contribution in [0.25, 0.3) is 0 Å². The number of anilines is 1. The van der Waals surface area contributed by atoms with Gasteiger partial charge in [-0.2, -0.15) is 0 Å². The molecule has 2 amide bonds. The van der Waals surface area contributed by atoms with E-state index in [9.17, 15) is 14.0 Å². The Kier molecular flexibility index (Phi) is 7.28. The van der Waals surface area contributed by atoms with Gasteiger partial charge >= 0.3 is 0 Å². The molecule has 0 saturated heterocycles. The summed E-state index contributed by atoms with van der Waals surface area (Å²) in [4.78, 5) is 28.2. The van der Waals surface area contributed by atoms with Gasteiger partial charge in [-0.15, -0.1) is 0 Å². The zero-order valence-corrected chi connectivity index (χ0v) is 16.2. The van der Waals surface area contributed by atoms with Gasteiger partial charge in [0.15, 0.2) is 0 Å². The average molecular weight is 401 g/mol. The number of hydrogen-bond acceptors (Lipinski definition) is 3. The van der Waals surface area contributed by atoms with E-state index in [0.717, 1.165) is 5.56 Å². The molecule has 150 valence electrons. The molecule has 30 heavy (non-hydrogen) atoms. The molecule has 5 nitrogen and oxygen atoms in total. The third kappa shape index (κ3) is 6.57. The Hall–Kier alpha value is -3.98. The van der Waals surface area contributed by atoms with Gasteiger partial charge in [0.25, 0.3) is 5.91 Å². The van der Waals surface area contributed by atoms with Crippen LogP contribution in [0.4, 0.5) is 10.1 Å². The van der Waals surface area contributed by atoms with Crippen molar-refractivity contribution in [3.63, 3.8) is 0 Å². The van der Waals surface area contributed by atoms with Gasteiger partial charge in [-0.1, -0.05) is 18.1 Å². The molecule has 0 atom stereocenters. The number of hydrogen-bond donors (Lipinski definition) is 2. The zero-order chi connectivity index (χ0) is 21.2. The Bertz CT molecular complexity index is 1070. The lowest BCUT2D eigenvalue weighted by Gasteiger charge is -2.07. The van der Waals surface area contributed by atoms with E-state index >= 15 is 0 Å². The van der Waals surface area contributed by atoms with Crippen LogP contribution in [-0.2, 0) is 4.79 Å². The first-order chi connectivity index (χ1) is 14.6. The molecule has 1 aromatic heterocycles. The van der Waals surface area contributed by atoms with Gasteiger partial charge in [-0.25, -0.2) is 9.37 Å². The van der Waals surface area contributed by atoms with Crippen LogP contribution in [0, 0.1) is 17.7 Å². The first-order valence-electron chi connectivity index (χ1n) is 9.47. The van der Waals surface area contributed by atoms with E-state index in [2.05, 4.69) is 27.5 Å². The topological polar surface area (TPSA) is 71.1 Å². The van der Waals surface area contributed by atoms with Crippen molar-refractivity contribution in [3.05, 3.63) is 95.6 Å². The van der Waals surface area contributed by atoms with Gasteiger partial charge in [0.05, 0.1) is 0 Å². The number of amides is 2. The second-order valence-electron chi connectivity index (χ2n) is 6.46. The van der Waals surface area contributed by atoms with Crippen molar-refractivity contribution in [2.45, 2.75) is 12.8 Å². The van der Waals surface area contributed by atoms with Crippen molar-refractivity contribution < 1.29 is 14.0 Å². The Labute approximate surface area is 174 Å². The van der Waals surface area contributed by atoms with E-state index in [4.69, 9.17) is 0 Å². The lowest BCUT2D eigenvalue weighted by molar-refractivity contribution is -0.116. The molecule has 0 aliphatic rings. The average Bonchev–Trinajstić information content (AvgIpc) is 2.76. The Morgan fingerprint density at radius 1 is 0.967 bits per heavy atom. The van der Waals surface area contributed by atoms with Gasteiger partial charge in [-0.3, -0.25) is 9.59 Å². The van der Waals surface area contributed by atoms with Crippen molar-refractivity contribution in [3.8, 4) is 11.8 Å². The van der Waals surface area contributed by atoms with E-state index < -0.39 is 5.82 Å². The number of carbonyl (C=O) groups is 2. The molecule has 6 heteroatoms. The fourth-order valence-corrected chi connectivity index (χ4v) is 2.63. The first kappa shape index (κ1) is 20.7. The fourth-order valence-electron chi connectivity index (χ4n) is 2.63. The monoisotopic (exact) mass is 401 g/mol. The lowest BCUT2D eigenvalue weighted by atomic mass is 10.2. The minimum atomic E-state index is -0.394. The normalized spacial score (nSPS) is 9.90. The minimum Gasteiger partial charge on any atom is -0.352 e. The number of halogens is 1. The molecule has 0 saturated carbocycles. The molecule has 0 unspecified atom stereocenters. The summed E-state index contributed by atoms with van der Waals surface area (Å²) in [5.41, 5.74) is 2.48. The third-order valence-electron chi connectivity index (χ3n) is 4.12. The molecule has 0 spiro atoms. The van der Waals surface area contributed by atoms with Gasteiger partial charge in [0.1, 0.15) is 11.5 Å². The van der Waals surface area contributed by atoms with Crippen LogP contribution in [0.3, 0.4) is 0 Å². The van der Waals surface area contributed by atoms with Crippen molar-refractivity contribution in [2.75, 3.05) is 11.9 Å². The van der Waals surface area contributed by atoms with Gasteiger partial charge in [0.2, 0.25) is 5.91 Å². The smallest absolute Gasteiger partial charge is 0.251 e. The summed E-state index contributed by atoms with van der Waals surface area (Å²) in [6.45, 7) is 0.346. The van der Waals surface area contributed by atoms with Gasteiger partial charge in [0, 0.05) is 36.0 Å². The predicted octanol–water partition coefficient (Wildman–Crippen LogP) is 3.77. The van der Waals surface area contributed by atoms with Crippen molar-refractivity contribution in [2.24, 2.45) is 0 Å². The highest BCUT2D eigenvalue weighted by molar-refractivity contribution is 5.94. The Morgan fingerprint density at radius 2 is 1.80 bits per heavy atom. The molecule has 3 rings (SSSR count). The molecular formula is C24H20FN3O2. The van der Waals surface area contributed by atoms with E-state index in [1.807, 2.05) is 30.3 Å². The molecular weight excluding hydrogens is 381 g/mol. The Balaban J connectivity index is 1.44. The molecule has 1 heterocycles. The van der Waals surface area contributed by atoms with E-state index in [1.165, 1.54) is 24.3 Å². The van der Waals surface area contributed by atoms with E-state index in [-0.39, 0.29) is 18.2 Å². The maximum Gasteiger partial charge on any atom is 0.251 e. The molecule has 0 bridgehead atoms. The summed E-state index contributed by atoms with van der Waals surface area (Å²) in [7, 11) is 0. The van der Waals surface area contributed by atoms with Crippen LogP contribution in [0.15, 0.2) is 72.9 Å². The summed E-state index contributed by atoms with van der Waals surface area (Å²) < 4.78 is 12.9. The molecule has 0 aliphatic heterocycles. The lowest BCUT2D eigenvalue weighted by Crippen LogP contribution is -2.25. The van der Waals surface area contributed by atoms with Crippen molar-refractivity contribution in [1.82, 2.24) is 10.3 Å². The summed E-state index contributed by atoms with van der Waals surface area (Å²) in [5, 5.41) is 5.54. The second-order valence-corrected chi connectivity index (χ2v) is 6.46. The van der Waals surface area contributed by atoms with Gasteiger partial charge < -0.3 is 10.6 Å². The minimum absolute atomic E-state index is 0.152. The van der Waals surface area contributed by atoms with Gasteiger partial charge in [-0.05, 0) is 66.9 Å². The number of pyridine rings is 1.